The van der Waals surface area contributed by atoms with Crippen molar-refractivity contribution in [1.29, 1.82) is 0 Å². The predicted molar refractivity (Wildman–Crippen MR) is 88.5 cm³/mol. The first-order valence-corrected chi connectivity index (χ1v) is 6.94. The monoisotopic (exact) mass is 271 g/mol. The normalized spacial score (nSPS) is 8.45. The van der Waals surface area contributed by atoms with Crippen LogP contribution >= 0.6 is 0 Å². The van der Waals surface area contributed by atoms with Gasteiger partial charge in [0.05, 0.1) is 0 Å². The zero-order valence-corrected chi connectivity index (χ0v) is 13.1. The summed E-state index contributed by atoms with van der Waals surface area (Å²) in [5.41, 5.74) is 3.13. The van der Waals surface area contributed by atoms with Gasteiger partial charge >= 0.3 is 0 Å². The lowest BCUT2D eigenvalue weighted by Gasteiger charge is -1.94. The molecule has 2 heteroatoms. The van der Waals surface area contributed by atoms with Crippen LogP contribution in [0.2, 0.25) is 0 Å². The van der Waals surface area contributed by atoms with Crippen LogP contribution in [0.5, 0.6) is 0 Å². The van der Waals surface area contributed by atoms with Crippen LogP contribution in [-0.4, -0.2) is 12.8 Å². The predicted octanol–water partition coefficient (Wildman–Crippen LogP) is 4.95. The molecule has 0 spiro atoms. The molecule has 0 aliphatic rings. The largest absolute Gasteiger partial charge is 0.388 e. The van der Waals surface area contributed by atoms with E-state index in [-0.39, 0.29) is 5.78 Å². The summed E-state index contributed by atoms with van der Waals surface area (Å²) in [4.78, 5) is 10.8. The number of aryl methyl sites for hydroxylation is 1. The number of rotatable bonds is 2. The Morgan fingerprint density at radius 1 is 0.900 bits per heavy atom. The molecule has 0 saturated carbocycles. The van der Waals surface area contributed by atoms with E-state index >= 15 is 0 Å². The molecule has 0 unspecified atom stereocenters. The molecule has 2 aromatic carbocycles. The van der Waals surface area contributed by atoms with Crippen molar-refractivity contribution >= 4 is 11.5 Å². The van der Waals surface area contributed by atoms with Gasteiger partial charge in [0.1, 0.15) is 0 Å². The molecule has 0 radical (unpaired) electrons. The first kappa shape index (κ1) is 17.9. The van der Waals surface area contributed by atoms with E-state index in [2.05, 4.69) is 5.32 Å². The zero-order chi connectivity index (χ0) is 15.4. The van der Waals surface area contributed by atoms with Crippen molar-refractivity contribution in [3.8, 4) is 0 Å². The molecule has 0 amide bonds. The quantitative estimate of drug-likeness (QED) is 0.783. The maximum absolute atomic E-state index is 10.8. The molecule has 108 valence electrons. The average molecular weight is 271 g/mol. The van der Waals surface area contributed by atoms with Gasteiger partial charge in [-0.3, -0.25) is 4.79 Å². The summed E-state index contributed by atoms with van der Waals surface area (Å²) in [6.45, 7) is 7.58. The van der Waals surface area contributed by atoms with Crippen molar-refractivity contribution < 1.29 is 4.79 Å². The van der Waals surface area contributed by atoms with Crippen molar-refractivity contribution in [3.63, 3.8) is 0 Å². The fourth-order valence-electron chi connectivity index (χ4n) is 1.39. The summed E-state index contributed by atoms with van der Waals surface area (Å²) >= 11 is 0. The summed E-state index contributed by atoms with van der Waals surface area (Å²) in [5.74, 6) is 0.125. The van der Waals surface area contributed by atoms with Crippen molar-refractivity contribution in [2.24, 2.45) is 0 Å². The van der Waals surface area contributed by atoms with E-state index in [0.29, 0.717) is 0 Å². The standard InChI is InChI=1S/C9H10O.C7H9N.C2H6/c1-7-3-5-9(6-4-7)8(2)10;1-8-7-5-3-2-4-6-7;1-2/h3-6H,1-2H3;2-6,8H,1H3;1-2H3. The Morgan fingerprint density at radius 2 is 1.40 bits per heavy atom. The van der Waals surface area contributed by atoms with E-state index < -0.39 is 0 Å². The molecule has 0 aromatic heterocycles. The fraction of sp³-hybridized carbons (Fsp3) is 0.278. The summed E-state index contributed by atoms with van der Waals surface area (Å²) < 4.78 is 0. The van der Waals surface area contributed by atoms with Crippen molar-refractivity contribution in [2.75, 3.05) is 12.4 Å². The number of nitrogens with one attached hydrogen (secondary N) is 1. The minimum absolute atomic E-state index is 0.125. The Morgan fingerprint density at radius 3 is 1.75 bits per heavy atom. The maximum Gasteiger partial charge on any atom is 0.159 e. The van der Waals surface area contributed by atoms with Crippen LogP contribution < -0.4 is 5.32 Å². The van der Waals surface area contributed by atoms with Crippen molar-refractivity contribution in [3.05, 3.63) is 65.7 Å². The van der Waals surface area contributed by atoms with Crippen LogP contribution in [0, 0.1) is 6.92 Å². The van der Waals surface area contributed by atoms with Crippen LogP contribution in [-0.2, 0) is 0 Å². The van der Waals surface area contributed by atoms with Gasteiger partial charge in [-0.1, -0.05) is 61.9 Å². The van der Waals surface area contributed by atoms with Crippen molar-refractivity contribution in [1.82, 2.24) is 0 Å². The number of anilines is 1. The van der Waals surface area contributed by atoms with Crippen LogP contribution in [0.25, 0.3) is 0 Å². The van der Waals surface area contributed by atoms with Gasteiger partial charge in [-0.2, -0.15) is 0 Å². The van der Waals surface area contributed by atoms with Crippen molar-refractivity contribution in [2.45, 2.75) is 27.7 Å². The van der Waals surface area contributed by atoms with Gasteiger partial charge in [-0.25, -0.2) is 0 Å². The molecule has 0 bridgehead atoms. The number of ketones is 1. The molecular weight excluding hydrogens is 246 g/mol. The number of Topliss-reactive ketones (excluding diaryl/α,β-unsaturated/α-hetero) is 1. The summed E-state index contributed by atoms with van der Waals surface area (Å²) in [7, 11) is 1.91. The molecule has 0 fully saturated rings. The molecule has 2 rings (SSSR count). The highest BCUT2D eigenvalue weighted by Gasteiger charge is 1.95. The van der Waals surface area contributed by atoms with E-state index in [4.69, 9.17) is 0 Å². The fourth-order valence-corrected chi connectivity index (χ4v) is 1.39. The van der Waals surface area contributed by atoms with E-state index in [1.54, 1.807) is 6.92 Å². The Hall–Kier alpha value is -2.09. The van der Waals surface area contributed by atoms with Crippen LogP contribution in [0.15, 0.2) is 54.6 Å². The van der Waals surface area contributed by atoms with E-state index in [1.165, 1.54) is 5.56 Å². The average Bonchev–Trinajstić information content (AvgIpc) is 2.51. The van der Waals surface area contributed by atoms with Gasteiger partial charge in [0.25, 0.3) is 0 Å². The Kier molecular flexibility index (Phi) is 9.67. The van der Waals surface area contributed by atoms with E-state index in [1.807, 2.05) is 82.4 Å². The summed E-state index contributed by atoms with van der Waals surface area (Å²) in [6.07, 6.45) is 0. The molecule has 2 nitrogen and oxygen atoms in total. The SMILES string of the molecule is CC.CC(=O)c1ccc(C)cc1.CNc1ccccc1. The second-order valence-electron chi connectivity index (χ2n) is 4.04. The maximum atomic E-state index is 10.8. The van der Waals surface area contributed by atoms with Gasteiger partial charge in [-0.05, 0) is 26.0 Å². The van der Waals surface area contributed by atoms with E-state index in [0.717, 1.165) is 11.3 Å². The third-order valence-electron chi connectivity index (χ3n) is 2.52. The number of hydrogen-bond acceptors (Lipinski definition) is 2. The summed E-state index contributed by atoms with van der Waals surface area (Å²) in [5, 5.41) is 3.03. The van der Waals surface area contributed by atoms with Gasteiger partial charge in [0, 0.05) is 18.3 Å². The van der Waals surface area contributed by atoms with E-state index in [9.17, 15) is 4.79 Å². The highest BCUT2D eigenvalue weighted by Crippen LogP contribution is 2.03. The Bertz CT molecular complexity index is 475. The first-order chi connectivity index (χ1) is 9.63. The number of hydrogen-bond donors (Lipinski definition) is 1. The Balaban J connectivity index is 0.000000327. The lowest BCUT2D eigenvalue weighted by molar-refractivity contribution is 0.101. The smallest absolute Gasteiger partial charge is 0.159 e. The second kappa shape index (κ2) is 10.8. The lowest BCUT2D eigenvalue weighted by atomic mass is 10.1. The molecular formula is C18H25NO. The van der Waals surface area contributed by atoms with Crippen LogP contribution in [0.4, 0.5) is 5.69 Å². The number of benzene rings is 2. The Labute approximate surface area is 122 Å². The van der Waals surface area contributed by atoms with Gasteiger partial charge in [0.2, 0.25) is 0 Å². The number of carbonyl (C=O) groups is 1. The molecule has 1 N–H and O–H groups in total. The minimum atomic E-state index is 0.125. The highest BCUT2D eigenvalue weighted by molar-refractivity contribution is 5.93. The second-order valence-corrected chi connectivity index (χ2v) is 4.04. The van der Waals surface area contributed by atoms with Crippen LogP contribution in [0.3, 0.4) is 0 Å². The molecule has 0 aliphatic carbocycles. The first-order valence-electron chi connectivity index (χ1n) is 6.94. The lowest BCUT2D eigenvalue weighted by Crippen LogP contribution is -1.90. The molecule has 0 aliphatic heterocycles. The molecule has 2 aromatic rings. The third kappa shape index (κ3) is 7.37. The molecule has 0 atom stereocenters. The minimum Gasteiger partial charge on any atom is -0.388 e. The summed E-state index contributed by atoms with van der Waals surface area (Å²) in [6, 6.07) is 17.6. The highest BCUT2D eigenvalue weighted by atomic mass is 16.1. The van der Waals surface area contributed by atoms with Gasteiger partial charge in [0.15, 0.2) is 5.78 Å². The van der Waals surface area contributed by atoms with Gasteiger partial charge < -0.3 is 5.32 Å². The molecule has 0 saturated heterocycles. The zero-order valence-electron chi connectivity index (χ0n) is 13.1. The molecule has 0 heterocycles. The van der Waals surface area contributed by atoms with Gasteiger partial charge in [-0.15, -0.1) is 0 Å². The third-order valence-corrected chi connectivity index (χ3v) is 2.52. The van der Waals surface area contributed by atoms with Crippen LogP contribution in [0.1, 0.15) is 36.7 Å². The topological polar surface area (TPSA) is 29.1 Å². The molecule has 20 heavy (non-hydrogen) atoms. The number of carbonyl (C=O) groups excluding carboxylic acids is 1. The number of para-hydroxylation sites is 1.